The highest BCUT2D eigenvalue weighted by molar-refractivity contribution is 7.00. The number of rotatable bonds is 2. The minimum absolute atomic E-state index is 0.0546. The molecular formula is C12H12Cl2N4OS. The van der Waals surface area contributed by atoms with Crippen LogP contribution in [0.15, 0.2) is 6.07 Å². The van der Waals surface area contributed by atoms with E-state index in [-0.39, 0.29) is 11.8 Å². The zero-order chi connectivity index (χ0) is 14.3. The molecule has 2 heterocycles. The van der Waals surface area contributed by atoms with Crippen LogP contribution in [0.25, 0.3) is 11.0 Å². The number of nitrogens with zero attached hydrogens (tertiary/aromatic N) is 2. The lowest BCUT2D eigenvalue weighted by atomic mass is 9.97. The maximum Gasteiger partial charge on any atom is 0.229 e. The number of benzene rings is 1. The zero-order valence-electron chi connectivity index (χ0n) is 10.6. The summed E-state index contributed by atoms with van der Waals surface area (Å²) in [6, 6.07) is 1.58. The maximum absolute atomic E-state index is 12.3. The Balaban J connectivity index is 1.94. The molecule has 1 aliphatic heterocycles. The van der Waals surface area contributed by atoms with E-state index < -0.39 is 0 Å². The third kappa shape index (κ3) is 2.37. The Kier molecular flexibility index (Phi) is 3.81. The Morgan fingerprint density at radius 3 is 2.80 bits per heavy atom. The Labute approximate surface area is 130 Å². The van der Waals surface area contributed by atoms with Gasteiger partial charge in [-0.2, -0.15) is 8.75 Å². The van der Waals surface area contributed by atoms with E-state index in [2.05, 4.69) is 19.4 Å². The molecule has 0 radical (unpaired) electrons. The largest absolute Gasteiger partial charge is 0.323 e. The van der Waals surface area contributed by atoms with Crippen molar-refractivity contribution in [2.75, 3.05) is 18.4 Å². The molecule has 20 heavy (non-hydrogen) atoms. The quantitative estimate of drug-likeness (QED) is 0.888. The molecule has 2 aromatic rings. The minimum atomic E-state index is -0.0663. The number of amides is 1. The normalized spacial score (nSPS) is 22.4. The van der Waals surface area contributed by atoms with Crippen molar-refractivity contribution >= 4 is 57.6 Å². The van der Waals surface area contributed by atoms with Crippen LogP contribution in [0.5, 0.6) is 0 Å². The van der Waals surface area contributed by atoms with Crippen molar-refractivity contribution in [2.45, 2.75) is 6.92 Å². The lowest BCUT2D eigenvalue weighted by Crippen LogP contribution is -2.28. The molecule has 1 amide bonds. The van der Waals surface area contributed by atoms with E-state index in [1.165, 1.54) is 0 Å². The molecule has 3 rings (SSSR count). The summed E-state index contributed by atoms with van der Waals surface area (Å²) >= 11 is 13.3. The number of nitrogens with one attached hydrogen (secondary N) is 2. The summed E-state index contributed by atoms with van der Waals surface area (Å²) in [5, 5.41) is 6.89. The highest BCUT2D eigenvalue weighted by Gasteiger charge is 2.30. The third-order valence-corrected chi connectivity index (χ3v) is 4.66. The zero-order valence-corrected chi connectivity index (χ0v) is 12.9. The molecule has 0 saturated carbocycles. The standard InChI is InChI=1S/C12H12Cl2N4OS/c1-5-3-15-4-6(5)12(19)16-9-7(13)2-8(14)10-11(9)18-20-17-10/h2,5-6,15H,3-4H2,1H3,(H,16,19). The monoisotopic (exact) mass is 330 g/mol. The average molecular weight is 331 g/mol. The summed E-state index contributed by atoms with van der Waals surface area (Å²) in [5.74, 6) is 0.175. The highest BCUT2D eigenvalue weighted by atomic mass is 35.5. The fourth-order valence-electron chi connectivity index (χ4n) is 2.37. The van der Waals surface area contributed by atoms with Crippen molar-refractivity contribution in [3.8, 4) is 0 Å². The van der Waals surface area contributed by atoms with Crippen LogP contribution in [-0.4, -0.2) is 27.7 Å². The van der Waals surface area contributed by atoms with Crippen molar-refractivity contribution in [3.05, 3.63) is 16.1 Å². The molecule has 2 N–H and O–H groups in total. The fourth-order valence-corrected chi connectivity index (χ4v) is 3.53. The summed E-state index contributed by atoms with van der Waals surface area (Å²) in [6.07, 6.45) is 0. The second-order valence-corrected chi connectivity index (χ2v) is 6.25. The summed E-state index contributed by atoms with van der Waals surface area (Å²) in [7, 11) is 0. The summed E-state index contributed by atoms with van der Waals surface area (Å²) < 4.78 is 8.29. The van der Waals surface area contributed by atoms with Crippen molar-refractivity contribution < 1.29 is 4.79 Å². The Hall–Kier alpha value is -0.950. The number of carbonyl (C=O) groups is 1. The predicted molar refractivity (Wildman–Crippen MR) is 81.6 cm³/mol. The number of halogens is 2. The van der Waals surface area contributed by atoms with E-state index in [4.69, 9.17) is 23.2 Å². The third-order valence-electron chi connectivity index (χ3n) is 3.55. The lowest BCUT2D eigenvalue weighted by Gasteiger charge is -2.15. The van der Waals surface area contributed by atoms with Crippen LogP contribution in [0.2, 0.25) is 10.0 Å². The van der Waals surface area contributed by atoms with E-state index in [0.717, 1.165) is 18.3 Å². The summed E-state index contributed by atoms with van der Waals surface area (Å²) in [5.41, 5.74) is 1.59. The molecule has 0 bridgehead atoms. The molecule has 0 aliphatic carbocycles. The second kappa shape index (κ2) is 5.44. The molecule has 2 unspecified atom stereocenters. The van der Waals surface area contributed by atoms with Gasteiger partial charge in [0.25, 0.3) is 0 Å². The first-order valence-corrected chi connectivity index (χ1v) is 7.68. The van der Waals surface area contributed by atoms with Crippen LogP contribution in [0.4, 0.5) is 5.69 Å². The van der Waals surface area contributed by atoms with Gasteiger partial charge in [0.05, 0.1) is 33.4 Å². The van der Waals surface area contributed by atoms with Gasteiger partial charge in [-0.05, 0) is 18.5 Å². The molecule has 1 aromatic carbocycles. The molecule has 8 heteroatoms. The smallest absolute Gasteiger partial charge is 0.229 e. The first-order valence-electron chi connectivity index (χ1n) is 6.19. The molecule has 1 aromatic heterocycles. The van der Waals surface area contributed by atoms with E-state index in [9.17, 15) is 4.79 Å². The molecule has 106 valence electrons. The first-order chi connectivity index (χ1) is 9.58. The van der Waals surface area contributed by atoms with Gasteiger partial charge in [0.2, 0.25) is 5.91 Å². The van der Waals surface area contributed by atoms with Crippen LogP contribution in [0.1, 0.15) is 6.92 Å². The van der Waals surface area contributed by atoms with Gasteiger partial charge in [0, 0.05) is 6.54 Å². The van der Waals surface area contributed by atoms with Crippen molar-refractivity contribution in [2.24, 2.45) is 11.8 Å². The molecule has 1 aliphatic rings. The summed E-state index contributed by atoms with van der Waals surface area (Å²) in [4.78, 5) is 12.3. The molecule has 1 fully saturated rings. The van der Waals surface area contributed by atoms with Gasteiger partial charge in [0.1, 0.15) is 11.0 Å². The molecule has 1 saturated heterocycles. The van der Waals surface area contributed by atoms with Gasteiger partial charge in [-0.25, -0.2) is 0 Å². The SMILES string of the molecule is CC1CNCC1C(=O)Nc1c(Cl)cc(Cl)c2nsnc12. The van der Waals surface area contributed by atoms with Crippen LogP contribution in [-0.2, 0) is 4.79 Å². The molecular weight excluding hydrogens is 319 g/mol. The predicted octanol–water partition coefficient (Wildman–Crippen LogP) is 2.79. The van der Waals surface area contributed by atoms with E-state index >= 15 is 0 Å². The highest BCUT2D eigenvalue weighted by Crippen LogP contribution is 2.35. The average Bonchev–Trinajstić information content (AvgIpc) is 3.02. The van der Waals surface area contributed by atoms with Crippen LogP contribution < -0.4 is 10.6 Å². The maximum atomic E-state index is 12.3. The summed E-state index contributed by atoms with van der Waals surface area (Å²) in [6.45, 7) is 3.57. The number of anilines is 1. The number of hydrogen-bond acceptors (Lipinski definition) is 5. The molecule has 2 atom stereocenters. The van der Waals surface area contributed by atoms with Crippen LogP contribution in [0.3, 0.4) is 0 Å². The first kappa shape index (κ1) is 14.0. The van der Waals surface area contributed by atoms with E-state index in [1.807, 2.05) is 6.92 Å². The Morgan fingerprint density at radius 1 is 1.35 bits per heavy atom. The number of aromatic nitrogens is 2. The minimum Gasteiger partial charge on any atom is -0.323 e. The van der Waals surface area contributed by atoms with Gasteiger partial charge in [-0.1, -0.05) is 30.1 Å². The van der Waals surface area contributed by atoms with Crippen molar-refractivity contribution in [1.82, 2.24) is 14.1 Å². The molecule has 5 nitrogen and oxygen atoms in total. The van der Waals surface area contributed by atoms with Crippen LogP contribution >= 0.6 is 34.9 Å². The van der Waals surface area contributed by atoms with Gasteiger partial charge >= 0.3 is 0 Å². The molecule has 0 spiro atoms. The topological polar surface area (TPSA) is 66.9 Å². The number of hydrogen-bond donors (Lipinski definition) is 2. The lowest BCUT2D eigenvalue weighted by molar-refractivity contribution is -0.120. The Bertz CT molecular complexity index is 675. The van der Waals surface area contributed by atoms with Gasteiger partial charge in [-0.15, -0.1) is 0 Å². The van der Waals surface area contributed by atoms with Crippen molar-refractivity contribution in [1.29, 1.82) is 0 Å². The van der Waals surface area contributed by atoms with E-state index in [0.29, 0.717) is 39.2 Å². The number of fused-ring (bicyclic) bond motifs is 1. The fraction of sp³-hybridized carbons (Fsp3) is 0.417. The van der Waals surface area contributed by atoms with E-state index in [1.54, 1.807) is 6.07 Å². The van der Waals surface area contributed by atoms with Crippen LogP contribution in [0, 0.1) is 11.8 Å². The second-order valence-electron chi connectivity index (χ2n) is 4.91. The van der Waals surface area contributed by atoms with Gasteiger partial charge in [0.15, 0.2) is 0 Å². The Morgan fingerprint density at radius 2 is 2.10 bits per heavy atom. The van der Waals surface area contributed by atoms with Gasteiger partial charge < -0.3 is 10.6 Å². The number of carbonyl (C=O) groups excluding carboxylic acids is 1. The van der Waals surface area contributed by atoms with Gasteiger partial charge in [-0.3, -0.25) is 4.79 Å². The van der Waals surface area contributed by atoms with Crippen molar-refractivity contribution in [3.63, 3.8) is 0 Å².